The highest BCUT2D eigenvalue weighted by molar-refractivity contribution is 5.47. The van der Waals surface area contributed by atoms with E-state index >= 15 is 0 Å². The SMILES string of the molecule is c1ccc(N2CCCN(Cc3nc(-c4ccccn4)no3)CC2)cc1. The van der Waals surface area contributed by atoms with Crippen LogP contribution in [0.1, 0.15) is 12.3 Å². The summed E-state index contributed by atoms with van der Waals surface area (Å²) < 4.78 is 5.42. The van der Waals surface area contributed by atoms with Gasteiger partial charge < -0.3 is 9.42 Å². The van der Waals surface area contributed by atoms with Crippen molar-refractivity contribution in [2.45, 2.75) is 13.0 Å². The maximum Gasteiger partial charge on any atom is 0.241 e. The Morgan fingerprint density at radius 1 is 0.920 bits per heavy atom. The molecule has 0 spiro atoms. The molecule has 0 bridgehead atoms. The van der Waals surface area contributed by atoms with Crippen LogP contribution in [0.25, 0.3) is 11.5 Å². The molecule has 1 aliphatic rings. The molecule has 4 rings (SSSR count). The van der Waals surface area contributed by atoms with Crippen LogP contribution in [-0.4, -0.2) is 46.2 Å². The fraction of sp³-hybridized carbons (Fsp3) is 0.316. The average Bonchev–Trinajstić information content (AvgIpc) is 3.01. The molecular formula is C19H21N5O. The molecule has 0 aliphatic carbocycles. The second kappa shape index (κ2) is 7.44. The summed E-state index contributed by atoms with van der Waals surface area (Å²) in [6.45, 7) is 4.78. The van der Waals surface area contributed by atoms with Gasteiger partial charge in [0.05, 0.1) is 6.54 Å². The molecule has 0 unspecified atom stereocenters. The van der Waals surface area contributed by atoms with E-state index < -0.39 is 0 Å². The quantitative estimate of drug-likeness (QED) is 0.731. The fourth-order valence-electron chi connectivity index (χ4n) is 3.14. The minimum atomic E-state index is 0.552. The molecule has 0 radical (unpaired) electrons. The number of para-hydroxylation sites is 1. The van der Waals surface area contributed by atoms with Crippen LogP contribution in [0.3, 0.4) is 0 Å². The van der Waals surface area contributed by atoms with Crippen molar-refractivity contribution < 1.29 is 4.52 Å². The zero-order valence-corrected chi connectivity index (χ0v) is 14.1. The molecule has 0 amide bonds. The lowest BCUT2D eigenvalue weighted by Crippen LogP contribution is -2.30. The van der Waals surface area contributed by atoms with Crippen molar-refractivity contribution in [2.75, 3.05) is 31.1 Å². The number of pyridine rings is 1. The number of benzene rings is 1. The standard InChI is InChI=1S/C19H21N5O/c1-2-7-16(8-3-1)24-12-6-11-23(13-14-24)15-18-21-19(22-25-18)17-9-4-5-10-20-17/h1-5,7-10H,6,11-15H2. The van der Waals surface area contributed by atoms with E-state index in [1.165, 1.54) is 5.69 Å². The van der Waals surface area contributed by atoms with Gasteiger partial charge in [0.15, 0.2) is 0 Å². The normalized spacial score (nSPS) is 15.9. The van der Waals surface area contributed by atoms with E-state index in [2.05, 4.69) is 55.3 Å². The first-order valence-corrected chi connectivity index (χ1v) is 8.65. The van der Waals surface area contributed by atoms with E-state index in [-0.39, 0.29) is 0 Å². The molecule has 1 fully saturated rings. The molecule has 25 heavy (non-hydrogen) atoms. The maximum atomic E-state index is 5.42. The van der Waals surface area contributed by atoms with Gasteiger partial charge in [-0.2, -0.15) is 4.98 Å². The predicted molar refractivity (Wildman–Crippen MR) is 96.1 cm³/mol. The van der Waals surface area contributed by atoms with Gasteiger partial charge in [-0.25, -0.2) is 0 Å². The summed E-state index contributed by atoms with van der Waals surface area (Å²) in [7, 11) is 0. The topological polar surface area (TPSA) is 58.3 Å². The summed E-state index contributed by atoms with van der Waals surface area (Å²) in [5, 5.41) is 4.05. The zero-order chi connectivity index (χ0) is 16.9. The van der Waals surface area contributed by atoms with Gasteiger partial charge in [-0.05, 0) is 30.7 Å². The summed E-state index contributed by atoms with van der Waals surface area (Å²) >= 11 is 0. The highest BCUT2D eigenvalue weighted by Crippen LogP contribution is 2.17. The van der Waals surface area contributed by atoms with E-state index in [1.54, 1.807) is 6.20 Å². The minimum absolute atomic E-state index is 0.552. The Hall–Kier alpha value is -2.73. The largest absolute Gasteiger partial charge is 0.370 e. The van der Waals surface area contributed by atoms with E-state index in [9.17, 15) is 0 Å². The monoisotopic (exact) mass is 335 g/mol. The van der Waals surface area contributed by atoms with E-state index in [1.807, 2.05) is 18.2 Å². The number of aromatic nitrogens is 3. The molecule has 1 aliphatic heterocycles. The van der Waals surface area contributed by atoms with Gasteiger partial charge in [-0.1, -0.05) is 29.4 Å². The lowest BCUT2D eigenvalue weighted by molar-refractivity contribution is 0.239. The van der Waals surface area contributed by atoms with Gasteiger partial charge >= 0.3 is 0 Å². The van der Waals surface area contributed by atoms with Crippen molar-refractivity contribution in [1.29, 1.82) is 0 Å². The predicted octanol–water partition coefficient (Wildman–Crippen LogP) is 2.84. The van der Waals surface area contributed by atoms with E-state index in [4.69, 9.17) is 4.52 Å². The van der Waals surface area contributed by atoms with E-state index in [0.717, 1.165) is 38.3 Å². The molecule has 1 saturated heterocycles. The zero-order valence-electron chi connectivity index (χ0n) is 14.1. The van der Waals surface area contributed by atoms with Crippen LogP contribution < -0.4 is 4.90 Å². The Balaban J connectivity index is 1.38. The Bertz CT molecular complexity index is 790. The molecule has 6 heteroatoms. The molecule has 1 aromatic carbocycles. The summed E-state index contributed by atoms with van der Waals surface area (Å²) in [6, 6.07) is 16.3. The van der Waals surface area contributed by atoms with Gasteiger partial charge in [-0.15, -0.1) is 0 Å². The lowest BCUT2D eigenvalue weighted by Gasteiger charge is -2.23. The van der Waals surface area contributed by atoms with Crippen LogP contribution in [0.15, 0.2) is 59.3 Å². The number of nitrogens with zero attached hydrogens (tertiary/aromatic N) is 5. The Morgan fingerprint density at radius 3 is 2.64 bits per heavy atom. The fourth-order valence-corrected chi connectivity index (χ4v) is 3.14. The summed E-state index contributed by atoms with van der Waals surface area (Å²) in [6.07, 6.45) is 2.86. The van der Waals surface area contributed by atoms with Crippen molar-refractivity contribution in [3.05, 3.63) is 60.6 Å². The number of rotatable bonds is 4. The Labute approximate surface area is 147 Å². The van der Waals surface area contributed by atoms with Crippen molar-refractivity contribution in [1.82, 2.24) is 20.0 Å². The van der Waals surface area contributed by atoms with Gasteiger partial charge in [-0.3, -0.25) is 9.88 Å². The molecule has 0 atom stereocenters. The van der Waals surface area contributed by atoms with Crippen molar-refractivity contribution in [3.63, 3.8) is 0 Å². The third-order valence-electron chi connectivity index (χ3n) is 4.43. The van der Waals surface area contributed by atoms with Crippen LogP contribution in [0.2, 0.25) is 0 Å². The maximum absolute atomic E-state index is 5.42. The first-order chi connectivity index (χ1) is 12.4. The lowest BCUT2D eigenvalue weighted by atomic mass is 10.3. The van der Waals surface area contributed by atoms with Crippen molar-refractivity contribution in [2.24, 2.45) is 0 Å². The highest BCUT2D eigenvalue weighted by Gasteiger charge is 2.18. The summed E-state index contributed by atoms with van der Waals surface area (Å²) in [4.78, 5) is 13.6. The van der Waals surface area contributed by atoms with Crippen LogP contribution in [0, 0.1) is 0 Å². The Kier molecular flexibility index (Phi) is 4.70. The number of anilines is 1. The first kappa shape index (κ1) is 15.8. The molecule has 0 N–H and O–H groups in total. The smallest absolute Gasteiger partial charge is 0.241 e. The minimum Gasteiger partial charge on any atom is -0.370 e. The van der Waals surface area contributed by atoms with Crippen LogP contribution >= 0.6 is 0 Å². The van der Waals surface area contributed by atoms with Crippen LogP contribution in [0.5, 0.6) is 0 Å². The molecule has 6 nitrogen and oxygen atoms in total. The molecule has 3 heterocycles. The van der Waals surface area contributed by atoms with Crippen molar-refractivity contribution in [3.8, 4) is 11.5 Å². The van der Waals surface area contributed by atoms with E-state index in [0.29, 0.717) is 18.3 Å². The van der Waals surface area contributed by atoms with Gasteiger partial charge in [0.1, 0.15) is 5.69 Å². The average molecular weight is 335 g/mol. The van der Waals surface area contributed by atoms with Crippen LogP contribution in [0.4, 0.5) is 5.69 Å². The number of hydrogen-bond acceptors (Lipinski definition) is 6. The van der Waals surface area contributed by atoms with Gasteiger partial charge in [0.2, 0.25) is 11.7 Å². The Morgan fingerprint density at radius 2 is 1.80 bits per heavy atom. The molecule has 128 valence electrons. The molecule has 2 aromatic heterocycles. The van der Waals surface area contributed by atoms with Gasteiger partial charge in [0.25, 0.3) is 0 Å². The summed E-state index contributed by atoms with van der Waals surface area (Å²) in [5.74, 6) is 1.20. The summed E-state index contributed by atoms with van der Waals surface area (Å²) in [5.41, 5.74) is 2.03. The molecular weight excluding hydrogens is 314 g/mol. The molecule has 3 aromatic rings. The van der Waals surface area contributed by atoms with Crippen molar-refractivity contribution >= 4 is 5.69 Å². The van der Waals surface area contributed by atoms with Gasteiger partial charge in [0, 0.05) is 38.1 Å². The second-order valence-corrected chi connectivity index (χ2v) is 6.18. The highest BCUT2D eigenvalue weighted by atomic mass is 16.5. The third-order valence-corrected chi connectivity index (χ3v) is 4.43. The molecule has 0 saturated carbocycles. The van der Waals surface area contributed by atoms with Crippen LogP contribution in [-0.2, 0) is 6.54 Å². The third kappa shape index (κ3) is 3.85. The second-order valence-electron chi connectivity index (χ2n) is 6.18. The number of hydrogen-bond donors (Lipinski definition) is 0. The first-order valence-electron chi connectivity index (χ1n) is 8.65.